The zero-order chi connectivity index (χ0) is 23.0. The number of amides is 4. The lowest BCUT2D eigenvalue weighted by molar-refractivity contribution is -0.140. The fraction of sp³-hybridized carbons (Fsp3) is 0.423. The number of benzene rings is 2. The summed E-state index contributed by atoms with van der Waals surface area (Å²) >= 11 is 0. The molecular formula is C26H30N4O3. The smallest absolute Gasteiger partial charge is 0.325 e. The predicted molar refractivity (Wildman–Crippen MR) is 124 cm³/mol. The van der Waals surface area contributed by atoms with Crippen molar-refractivity contribution in [1.29, 1.82) is 0 Å². The molecule has 4 amide bonds. The molecule has 0 radical (unpaired) electrons. The van der Waals surface area contributed by atoms with Crippen LogP contribution in [-0.4, -0.2) is 70.8 Å². The van der Waals surface area contributed by atoms with Gasteiger partial charge in [0.05, 0.1) is 6.04 Å². The summed E-state index contributed by atoms with van der Waals surface area (Å²) in [7, 11) is 0. The van der Waals surface area contributed by atoms with Crippen LogP contribution in [0.4, 0.5) is 4.79 Å². The van der Waals surface area contributed by atoms with Crippen LogP contribution < -0.4 is 5.32 Å². The van der Waals surface area contributed by atoms with Crippen molar-refractivity contribution in [2.75, 3.05) is 32.7 Å². The minimum absolute atomic E-state index is 0.120. The highest BCUT2D eigenvalue weighted by atomic mass is 16.2. The average Bonchev–Trinajstić information content (AvgIpc) is 3.67. The molecule has 0 aromatic heterocycles. The predicted octanol–water partition coefficient (Wildman–Crippen LogP) is 2.64. The Morgan fingerprint density at radius 1 is 0.939 bits per heavy atom. The molecule has 1 unspecified atom stereocenters. The Morgan fingerprint density at radius 3 is 2.00 bits per heavy atom. The summed E-state index contributed by atoms with van der Waals surface area (Å²) < 4.78 is 0. The van der Waals surface area contributed by atoms with Crippen molar-refractivity contribution >= 4 is 17.8 Å². The highest BCUT2D eigenvalue weighted by Crippen LogP contribution is 2.42. The lowest BCUT2D eigenvalue weighted by atomic mass is 9.96. The number of urea groups is 1. The van der Waals surface area contributed by atoms with E-state index in [1.807, 2.05) is 12.1 Å². The SMILES string of the molecule is CC1(C2CC2)NC(=O)N(CC(=O)N2CCN(C(c3ccccc3)c3ccccc3)CC2)C1=O. The Hall–Kier alpha value is -3.19. The second-order valence-electron chi connectivity index (χ2n) is 9.44. The summed E-state index contributed by atoms with van der Waals surface area (Å²) in [5, 5.41) is 2.82. The van der Waals surface area contributed by atoms with E-state index in [2.05, 4.69) is 58.7 Å². The lowest BCUT2D eigenvalue weighted by Gasteiger charge is -2.40. The van der Waals surface area contributed by atoms with Gasteiger partial charge in [0.2, 0.25) is 5.91 Å². The van der Waals surface area contributed by atoms with Gasteiger partial charge in [0, 0.05) is 26.2 Å². The van der Waals surface area contributed by atoms with E-state index in [0.717, 1.165) is 30.8 Å². The zero-order valence-electron chi connectivity index (χ0n) is 18.9. The van der Waals surface area contributed by atoms with Gasteiger partial charge in [0.15, 0.2) is 0 Å². The van der Waals surface area contributed by atoms with Crippen molar-refractivity contribution < 1.29 is 14.4 Å². The summed E-state index contributed by atoms with van der Waals surface area (Å²) in [6, 6.07) is 20.5. The molecule has 3 aliphatic rings. The molecule has 1 saturated carbocycles. The molecule has 2 aromatic carbocycles. The van der Waals surface area contributed by atoms with E-state index >= 15 is 0 Å². The maximum atomic E-state index is 13.0. The molecule has 172 valence electrons. The first kappa shape index (κ1) is 21.6. The second kappa shape index (κ2) is 8.63. The van der Waals surface area contributed by atoms with Gasteiger partial charge in [-0.2, -0.15) is 0 Å². The first-order valence-electron chi connectivity index (χ1n) is 11.7. The highest BCUT2D eigenvalue weighted by Gasteiger charge is 2.56. The third kappa shape index (κ3) is 4.13. The van der Waals surface area contributed by atoms with Crippen LogP contribution in [-0.2, 0) is 9.59 Å². The molecular weight excluding hydrogens is 416 g/mol. The maximum Gasteiger partial charge on any atom is 0.325 e. The van der Waals surface area contributed by atoms with Crippen LogP contribution in [0.15, 0.2) is 60.7 Å². The summed E-state index contributed by atoms with van der Waals surface area (Å²) in [5.41, 5.74) is 1.60. The topological polar surface area (TPSA) is 73.0 Å². The van der Waals surface area contributed by atoms with E-state index in [4.69, 9.17) is 0 Å². The summed E-state index contributed by atoms with van der Waals surface area (Å²) in [6.45, 7) is 4.17. The van der Waals surface area contributed by atoms with Crippen molar-refractivity contribution in [3.63, 3.8) is 0 Å². The maximum absolute atomic E-state index is 13.0. The van der Waals surface area contributed by atoms with Crippen LogP contribution in [0.5, 0.6) is 0 Å². The molecule has 1 atom stereocenters. The van der Waals surface area contributed by atoms with Crippen LogP contribution in [0.3, 0.4) is 0 Å². The largest absolute Gasteiger partial charge is 0.339 e. The van der Waals surface area contributed by atoms with Gasteiger partial charge in [-0.25, -0.2) is 4.79 Å². The Labute approximate surface area is 194 Å². The Bertz CT molecular complexity index is 993. The van der Waals surface area contributed by atoms with Crippen molar-refractivity contribution in [1.82, 2.24) is 20.0 Å². The molecule has 2 heterocycles. The second-order valence-corrected chi connectivity index (χ2v) is 9.44. The summed E-state index contributed by atoms with van der Waals surface area (Å²) in [6.07, 6.45) is 1.88. The van der Waals surface area contributed by atoms with E-state index in [1.165, 1.54) is 11.1 Å². The number of nitrogens with one attached hydrogen (secondary N) is 1. The zero-order valence-corrected chi connectivity index (χ0v) is 18.9. The van der Waals surface area contributed by atoms with Gasteiger partial charge in [0.1, 0.15) is 12.1 Å². The first-order valence-corrected chi connectivity index (χ1v) is 11.7. The molecule has 2 aromatic rings. The number of hydrogen-bond donors (Lipinski definition) is 1. The molecule has 1 aliphatic carbocycles. The van der Waals surface area contributed by atoms with Gasteiger partial charge in [-0.15, -0.1) is 0 Å². The number of carbonyl (C=O) groups is 3. The van der Waals surface area contributed by atoms with E-state index in [0.29, 0.717) is 13.1 Å². The number of piperazine rings is 1. The molecule has 33 heavy (non-hydrogen) atoms. The molecule has 5 rings (SSSR count). The van der Waals surface area contributed by atoms with E-state index in [9.17, 15) is 14.4 Å². The number of carbonyl (C=O) groups excluding carboxylic acids is 3. The summed E-state index contributed by atoms with van der Waals surface area (Å²) in [5.74, 6) is -0.255. The average molecular weight is 447 g/mol. The lowest BCUT2D eigenvalue weighted by Crippen LogP contribution is -2.53. The van der Waals surface area contributed by atoms with Crippen molar-refractivity contribution in [3.8, 4) is 0 Å². The van der Waals surface area contributed by atoms with Gasteiger partial charge in [-0.3, -0.25) is 19.4 Å². The monoisotopic (exact) mass is 446 g/mol. The Balaban J connectivity index is 1.24. The standard InChI is InChI=1S/C26H30N4O3/c1-26(21-12-13-21)24(32)30(25(33)27-26)18-22(31)28-14-16-29(17-15-28)23(19-8-4-2-5-9-19)20-10-6-3-7-11-20/h2-11,21,23H,12-18H2,1H3,(H,27,33). The van der Waals surface area contributed by atoms with Crippen molar-refractivity contribution in [3.05, 3.63) is 71.8 Å². The number of imide groups is 1. The number of hydrogen-bond acceptors (Lipinski definition) is 4. The van der Waals surface area contributed by atoms with E-state index in [-0.39, 0.29) is 30.3 Å². The molecule has 7 nitrogen and oxygen atoms in total. The molecule has 0 spiro atoms. The summed E-state index contributed by atoms with van der Waals surface area (Å²) in [4.78, 5) is 43.5. The minimum Gasteiger partial charge on any atom is -0.339 e. The first-order chi connectivity index (χ1) is 16.0. The molecule has 2 saturated heterocycles. The minimum atomic E-state index is -0.853. The van der Waals surface area contributed by atoms with Crippen molar-refractivity contribution in [2.45, 2.75) is 31.3 Å². The van der Waals surface area contributed by atoms with Gasteiger partial charge in [-0.1, -0.05) is 60.7 Å². The van der Waals surface area contributed by atoms with Crippen LogP contribution in [0.1, 0.15) is 36.9 Å². The Kier molecular flexibility index (Phi) is 5.66. The highest BCUT2D eigenvalue weighted by molar-refractivity contribution is 6.09. The quantitative estimate of drug-likeness (QED) is 0.693. The van der Waals surface area contributed by atoms with Gasteiger partial charge in [0.25, 0.3) is 5.91 Å². The molecule has 3 fully saturated rings. The van der Waals surface area contributed by atoms with Gasteiger partial charge >= 0.3 is 6.03 Å². The van der Waals surface area contributed by atoms with Crippen molar-refractivity contribution in [2.24, 2.45) is 5.92 Å². The normalized spacial score (nSPS) is 23.8. The molecule has 0 bridgehead atoms. The number of rotatable bonds is 6. The molecule has 2 aliphatic heterocycles. The third-order valence-corrected chi connectivity index (χ3v) is 7.25. The third-order valence-electron chi connectivity index (χ3n) is 7.25. The van der Waals surface area contributed by atoms with Gasteiger partial charge < -0.3 is 10.2 Å². The van der Waals surface area contributed by atoms with Gasteiger partial charge in [-0.05, 0) is 36.8 Å². The van der Waals surface area contributed by atoms with Crippen LogP contribution in [0, 0.1) is 5.92 Å². The fourth-order valence-electron chi connectivity index (χ4n) is 5.15. The van der Waals surface area contributed by atoms with Crippen LogP contribution >= 0.6 is 0 Å². The number of nitrogens with zero attached hydrogens (tertiary/aromatic N) is 3. The van der Waals surface area contributed by atoms with Crippen LogP contribution in [0.2, 0.25) is 0 Å². The Morgan fingerprint density at radius 2 is 1.48 bits per heavy atom. The fourth-order valence-corrected chi connectivity index (χ4v) is 5.15. The molecule has 7 heteroatoms. The van der Waals surface area contributed by atoms with E-state index in [1.54, 1.807) is 11.8 Å². The molecule has 1 N–H and O–H groups in total. The van der Waals surface area contributed by atoms with Crippen LogP contribution in [0.25, 0.3) is 0 Å². The van der Waals surface area contributed by atoms with E-state index < -0.39 is 11.6 Å².